The molecule has 0 bridgehead atoms. The van der Waals surface area contributed by atoms with E-state index in [0.29, 0.717) is 5.82 Å². The van der Waals surface area contributed by atoms with E-state index in [1.165, 1.54) is 6.07 Å². The molecule has 1 amide bonds. The van der Waals surface area contributed by atoms with Crippen molar-refractivity contribution in [1.82, 2.24) is 9.97 Å². The molecule has 0 aliphatic carbocycles. The molecule has 0 aliphatic heterocycles. The zero-order valence-corrected chi connectivity index (χ0v) is 9.28. The van der Waals surface area contributed by atoms with Crippen molar-refractivity contribution in [2.45, 2.75) is 0 Å². The molecule has 0 spiro atoms. The van der Waals surface area contributed by atoms with Crippen LogP contribution >= 0.6 is 11.6 Å². The normalized spacial score (nSPS) is 10.0. The van der Waals surface area contributed by atoms with Crippen LogP contribution in [0.5, 0.6) is 0 Å². The van der Waals surface area contributed by atoms with E-state index in [0.717, 1.165) is 12.3 Å². The summed E-state index contributed by atoms with van der Waals surface area (Å²) in [5, 5.41) is 2.77. The van der Waals surface area contributed by atoms with E-state index in [9.17, 15) is 9.18 Å². The predicted molar refractivity (Wildman–Crippen MR) is 61.4 cm³/mol. The summed E-state index contributed by atoms with van der Waals surface area (Å²) in [7, 11) is 0. The Morgan fingerprint density at radius 3 is 2.76 bits per heavy atom. The van der Waals surface area contributed by atoms with Crippen molar-refractivity contribution in [2.75, 3.05) is 5.32 Å². The van der Waals surface area contributed by atoms with Gasteiger partial charge in [0.1, 0.15) is 22.5 Å². The molecule has 2 aromatic heterocycles. The van der Waals surface area contributed by atoms with Gasteiger partial charge >= 0.3 is 0 Å². The second kappa shape index (κ2) is 4.88. The summed E-state index contributed by atoms with van der Waals surface area (Å²) >= 11 is 5.67. The van der Waals surface area contributed by atoms with Gasteiger partial charge in [-0.15, -0.1) is 0 Å². The van der Waals surface area contributed by atoms with E-state index in [1.807, 2.05) is 0 Å². The number of carbonyl (C=O) groups is 1. The first-order chi connectivity index (χ1) is 8.15. The van der Waals surface area contributed by atoms with Crippen LogP contribution in [-0.2, 0) is 0 Å². The molecule has 4 nitrogen and oxygen atoms in total. The molecule has 0 saturated carbocycles. The number of rotatable bonds is 2. The molecule has 0 aromatic carbocycles. The first-order valence-electron chi connectivity index (χ1n) is 4.70. The van der Waals surface area contributed by atoms with Gasteiger partial charge in [0.25, 0.3) is 5.91 Å². The molecule has 0 unspecified atom stereocenters. The van der Waals surface area contributed by atoms with E-state index < -0.39 is 11.7 Å². The summed E-state index contributed by atoms with van der Waals surface area (Å²) in [6.07, 6.45) is 0.973. The zero-order valence-electron chi connectivity index (χ0n) is 8.52. The second-order valence-electron chi connectivity index (χ2n) is 3.16. The van der Waals surface area contributed by atoms with Crippen LogP contribution in [0.2, 0.25) is 5.15 Å². The number of nitrogens with one attached hydrogen (secondary N) is 1. The van der Waals surface area contributed by atoms with Crippen molar-refractivity contribution in [1.29, 1.82) is 0 Å². The van der Waals surface area contributed by atoms with E-state index in [-0.39, 0.29) is 10.8 Å². The average Bonchev–Trinajstić information content (AvgIpc) is 2.29. The fourth-order valence-electron chi connectivity index (χ4n) is 1.17. The van der Waals surface area contributed by atoms with Crippen LogP contribution < -0.4 is 5.32 Å². The third kappa shape index (κ3) is 2.98. The number of nitrogens with zero attached hydrogens (tertiary/aromatic N) is 2. The lowest BCUT2D eigenvalue weighted by molar-refractivity contribution is 0.102. The molecule has 0 saturated heterocycles. The third-order valence-electron chi connectivity index (χ3n) is 1.92. The quantitative estimate of drug-likeness (QED) is 0.835. The minimum Gasteiger partial charge on any atom is -0.305 e. The Balaban J connectivity index is 2.14. The second-order valence-corrected chi connectivity index (χ2v) is 3.55. The van der Waals surface area contributed by atoms with Gasteiger partial charge in [-0.25, -0.2) is 14.4 Å². The summed E-state index contributed by atoms with van der Waals surface area (Å²) in [6.45, 7) is 0. The molecule has 6 heteroatoms. The summed E-state index contributed by atoms with van der Waals surface area (Å²) < 4.78 is 12.6. The summed E-state index contributed by atoms with van der Waals surface area (Å²) in [5.41, 5.74) is 0.105. The van der Waals surface area contributed by atoms with Crippen LogP contribution in [0.1, 0.15) is 10.5 Å². The number of halogens is 2. The van der Waals surface area contributed by atoms with Crippen LogP contribution in [0, 0.1) is 5.82 Å². The number of aromatic nitrogens is 2. The number of hydrogen-bond acceptors (Lipinski definition) is 3. The fourth-order valence-corrected chi connectivity index (χ4v) is 1.33. The highest BCUT2D eigenvalue weighted by Gasteiger charge is 2.08. The van der Waals surface area contributed by atoms with E-state index in [1.54, 1.807) is 18.2 Å². The van der Waals surface area contributed by atoms with Crippen molar-refractivity contribution < 1.29 is 9.18 Å². The Bertz CT molecular complexity index is 545. The number of anilines is 1. The number of amides is 1. The molecule has 2 aromatic rings. The van der Waals surface area contributed by atoms with Gasteiger partial charge in [-0.05, 0) is 24.3 Å². The van der Waals surface area contributed by atoms with Crippen molar-refractivity contribution in [3.63, 3.8) is 0 Å². The zero-order chi connectivity index (χ0) is 12.3. The van der Waals surface area contributed by atoms with E-state index in [4.69, 9.17) is 11.6 Å². The highest BCUT2D eigenvalue weighted by atomic mass is 35.5. The largest absolute Gasteiger partial charge is 0.305 e. The maximum Gasteiger partial charge on any atom is 0.275 e. The Labute approximate surface area is 101 Å². The summed E-state index contributed by atoms with van der Waals surface area (Å²) in [6, 6.07) is 7.28. The van der Waals surface area contributed by atoms with Crippen LogP contribution in [0.25, 0.3) is 0 Å². The lowest BCUT2D eigenvalue weighted by atomic mass is 10.3. The van der Waals surface area contributed by atoms with E-state index >= 15 is 0 Å². The molecule has 0 radical (unpaired) electrons. The Kier molecular flexibility index (Phi) is 3.30. The first kappa shape index (κ1) is 11.5. The lowest BCUT2D eigenvalue weighted by Crippen LogP contribution is -2.14. The first-order valence-corrected chi connectivity index (χ1v) is 5.08. The van der Waals surface area contributed by atoms with E-state index in [2.05, 4.69) is 15.3 Å². The average molecular weight is 252 g/mol. The van der Waals surface area contributed by atoms with Crippen molar-refractivity contribution >= 4 is 23.3 Å². The maximum atomic E-state index is 12.6. The molecule has 2 heterocycles. The van der Waals surface area contributed by atoms with Crippen LogP contribution in [-0.4, -0.2) is 15.9 Å². The third-order valence-corrected chi connectivity index (χ3v) is 2.13. The fraction of sp³-hybridized carbons (Fsp3) is 0. The lowest BCUT2D eigenvalue weighted by Gasteiger charge is -2.03. The molecule has 2 rings (SSSR count). The molecule has 0 atom stereocenters. The molecule has 0 fully saturated rings. The van der Waals surface area contributed by atoms with Crippen molar-refractivity contribution in [3.8, 4) is 0 Å². The van der Waals surface area contributed by atoms with Gasteiger partial charge in [0, 0.05) is 0 Å². The molecule has 17 heavy (non-hydrogen) atoms. The minimum absolute atomic E-state index is 0.105. The van der Waals surface area contributed by atoms with Gasteiger partial charge in [-0.1, -0.05) is 17.7 Å². The molecule has 1 N–H and O–H groups in total. The molecule has 86 valence electrons. The Morgan fingerprint density at radius 2 is 2.12 bits per heavy atom. The van der Waals surface area contributed by atoms with Crippen LogP contribution in [0.15, 0.2) is 36.5 Å². The van der Waals surface area contributed by atoms with Crippen LogP contribution in [0.3, 0.4) is 0 Å². The maximum absolute atomic E-state index is 12.6. The topological polar surface area (TPSA) is 54.9 Å². The number of hydrogen-bond donors (Lipinski definition) is 1. The van der Waals surface area contributed by atoms with Gasteiger partial charge in [-0.2, -0.15) is 0 Å². The highest BCUT2D eigenvalue weighted by molar-refractivity contribution is 6.29. The smallest absolute Gasteiger partial charge is 0.275 e. The SMILES string of the molecule is O=C(Nc1cccc(Cl)n1)c1ccc(F)cn1. The number of pyridine rings is 2. The van der Waals surface area contributed by atoms with Gasteiger partial charge in [0.15, 0.2) is 0 Å². The minimum atomic E-state index is -0.498. The molecule has 0 aliphatic rings. The Hall–Kier alpha value is -2.01. The van der Waals surface area contributed by atoms with Crippen molar-refractivity contribution in [2.24, 2.45) is 0 Å². The summed E-state index contributed by atoms with van der Waals surface area (Å²) in [4.78, 5) is 19.2. The van der Waals surface area contributed by atoms with Gasteiger partial charge in [0.2, 0.25) is 0 Å². The Morgan fingerprint density at radius 1 is 1.29 bits per heavy atom. The van der Waals surface area contributed by atoms with Gasteiger partial charge in [-0.3, -0.25) is 4.79 Å². The van der Waals surface area contributed by atoms with Gasteiger partial charge in [0.05, 0.1) is 6.20 Å². The monoisotopic (exact) mass is 251 g/mol. The predicted octanol–water partition coefficient (Wildman–Crippen LogP) is 2.52. The number of carbonyl (C=O) groups excluding carboxylic acids is 1. The molecular weight excluding hydrogens is 245 g/mol. The van der Waals surface area contributed by atoms with Crippen LogP contribution in [0.4, 0.5) is 10.2 Å². The standard InChI is InChI=1S/C11H7ClFN3O/c12-9-2-1-3-10(15-9)16-11(17)8-5-4-7(13)6-14-8/h1-6H,(H,15,16,17). The molecular formula is C11H7ClFN3O. The highest BCUT2D eigenvalue weighted by Crippen LogP contribution is 2.10. The van der Waals surface area contributed by atoms with Gasteiger partial charge < -0.3 is 5.32 Å². The summed E-state index contributed by atoms with van der Waals surface area (Å²) in [5.74, 6) is -0.657. The van der Waals surface area contributed by atoms with Crippen molar-refractivity contribution in [3.05, 3.63) is 53.2 Å².